The molecule has 2 atom stereocenters. The van der Waals surface area contributed by atoms with Crippen LogP contribution in [0.1, 0.15) is 30.0 Å². The molecule has 0 bridgehead atoms. The lowest BCUT2D eigenvalue weighted by Crippen LogP contribution is -2.56. The molecule has 0 aliphatic carbocycles. The van der Waals surface area contributed by atoms with Crippen molar-refractivity contribution in [1.29, 1.82) is 0 Å². The van der Waals surface area contributed by atoms with Gasteiger partial charge in [0.2, 0.25) is 0 Å². The van der Waals surface area contributed by atoms with E-state index in [-0.39, 0.29) is 18.0 Å². The van der Waals surface area contributed by atoms with E-state index in [0.29, 0.717) is 37.7 Å². The van der Waals surface area contributed by atoms with E-state index in [1.165, 1.54) is 4.80 Å². The van der Waals surface area contributed by atoms with Gasteiger partial charge in [0.25, 0.3) is 5.91 Å². The first-order valence-corrected chi connectivity index (χ1v) is 9.19. The average molecular weight is 373 g/mol. The van der Waals surface area contributed by atoms with E-state index in [9.17, 15) is 4.79 Å². The zero-order valence-electron chi connectivity index (χ0n) is 16.3. The molecular formula is C19H27N5O3. The Morgan fingerprint density at radius 2 is 1.81 bits per heavy atom. The van der Waals surface area contributed by atoms with Crippen LogP contribution < -0.4 is 10.1 Å². The second-order valence-electron chi connectivity index (χ2n) is 6.94. The Kier molecular flexibility index (Phi) is 6.08. The quantitative estimate of drug-likeness (QED) is 0.772. The maximum atomic E-state index is 12.9. The first-order chi connectivity index (χ1) is 13.0. The van der Waals surface area contributed by atoms with Crippen LogP contribution in [-0.4, -0.2) is 71.3 Å². The molecular weight excluding hydrogens is 346 g/mol. The predicted octanol–water partition coefficient (Wildman–Crippen LogP) is 1.42. The van der Waals surface area contributed by atoms with Gasteiger partial charge < -0.3 is 19.7 Å². The highest BCUT2D eigenvalue weighted by Gasteiger charge is 2.28. The Bertz CT molecular complexity index is 764. The van der Waals surface area contributed by atoms with E-state index in [1.807, 2.05) is 36.1 Å². The van der Waals surface area contributed by atoms with E-state index in [0.717, 1.165) is 11.4 Å². The number of carbonyl (C=O) groups is 1. The zero-order valence-corrected chi connectivity index (χ0v) is 16.3. The van der Waals surface area contributed by atoms with Crippen molar-refractivity contribution in [1.82, 2.24) is 25.2 Å². The number of rotatable bonds is 6. The zero-order chi connectivity index (χ0) is 19.4. The van der Waals surface area contributed by atoms with Crippen LogP contribution in [-0.2, 0) is 4.74 Å². The molecule has 146 valence electrons. The Morgan fingerprint density at radius 3 is 2.44 bits per heavy atom. The van der Waals surface area contributed by atoms with Crippen LogP contribution in [0.5, 0.6) is 5.75 Å². The second-order valence-corrected chi connectivity index (χ2v) is 6.94. The molecule has 0 unspecified atom stereocenters. The van der Waals surface area contributed by atoms with Crippen LogP contribution >= 0.6 is 0 Å². The lowest BCUT2D eigenvalue weighted by Gasteiger charge is -2.35. The van der Waals surface area contributed by atoms with Crippen LogP contribution in [0.2, 0.25) is 0 Å². The van der Waals surface area contributed by atoms with E-state index < -0.39 is 0 Å². The lowest BCUT2D eigenvalue weighted by molar-refractivity contribution is 0.0666. The van der Waals surface area contributed by atoms with E-state index in [2.05, 4.69) is 29.4 Å². The molecule has 8 heteroatoms. The summed E-state index contributed by atoms with van der Waals surface area (Å²) in [5.74, 6) is 0.679. The highest BCUT2D eigenvalue weighted by Crippen LogP contribution is 2.16. The average Bonchev–Trinajstić information content (AvgIpc) is 3.03. The van der Waals surface area contributed by atoms with Gasteiger partial charge >= 0.3 is 0 Å². The molecule has 3 rings (SSSR count). The number of nitrogens with one attached hydrogen (secondary N) is 1. The minimum absolute atomic E-state index is 0.0709. The highest BCUT2D eigenvalue weighted by molar-refractivity contribution is 5.93. The van der Waals surface area contributed by atoms with Crippen molar-refractivity contribution < 1.29 is 14.3 Å². The summed E-state index contributed by atoms with van der Waals surface area (Å²) in [6, 6.07) is 7.96. The van der Waals surface area contributed by atoms with E-state index in [4.69, 9.17) is 9.47 Å². The Balaban J connectivity index is 1.73. The number of hydrogen-bond donors (Lipinski definition) is 1. The number of carbonyl (C=O) groups excluding carboxylic acids is 1. The molecule has 0 radical (unpaired) electrons. The van der Waals surface area contributed by atoms with Crippen LogP contribution in [0.4, 0.5) is 0 Å². The topological polar surface area (TPSA) is 81.5 Å². The molecule has 8 nitrogen and oxygen atoms in total. The monoisotopic (exact) mass is 373 g/mol. The summed E-state index contributed by atoms with van der Waals surface area (Å²) < 4.78 is 10.5. The van der Waals surface area contributed by atoms with Gasteiger partial charge in [-0.2, -0.15) is 9.90 Å². The molecule has 0 saturated carbocycles. The maximum Gasteiger partial charge on any atom is 0.276 e. The number of nitrogens with zero attached hydrogens (tertiary/aromatic N) is 4. The molecule has 1 amide bonds. The number of amides is 1. The van der Waals surface area contributed by atoms with Crippen LogP contribution in [0.15, 0.2) is 24.3 Å². The molecule has 0 spiro atoms. The third kappa shape index (κ3) is 4.64. The first kappa shape index (κ1) is 19.3. The van der Waals surface area contributed by atoms with Gasteiger partial charge in [-0.05, 0) is 45.0 Å². The molecule has 1 aliphatic rings. The Morgan fingerprint density at radius 1 is 1.15 bits per heavy atom. The smallest absolute Gasteiger partial charge is 0.276 e. The van der Waals surface area contributed by atoms with Gasteiger partial charge in [0.05, 0.1) is 18.0 Å². The molecule has 2 aromatic rings. The van der Waals surface area contributed by atoms with Crippen LogP contribution in [0.25, 0.3) is 5.69 Å². The summed E-state index contributed by atoms with van der Waals surface area (Å²) in [5, 5.41) is 12.3. The van der Waals surface area contributed by atoms with Crippen LogP contribution in [0, 0.1) is 6.92 Å². The van der Waals surface area contributed by atoms with Gasteiger partial charge in [-0.25, -0.2) is 0 Å². The van der Waals surface area contributed by atoms with Crippen molar-refractivity contribution in [2.45, 2.75) is 32.9 Å². The van der Waals surface area contributed by atoms with Gasteiger partial charge in [-0.15, -0.1) is 5.10 Å². The van der Waals surface area contributed by atoms with Gasteiger partial charge in [-0.3, -0.25) is 4.79 Å². The van der Waals surface area contributed by atoms with Gasteiger partial charge in [-0.1, -0.05) is 0 Å². The number of methoxy groups -OCH3 is 1. The standard InChI is InChI=1S/C19H27N5O3/c1-13-11-23(12-14(2)20-13)19(25)18-15(3)21-24(22-18)16-5-7-17(8-6-16)27-10-9-26-4/h5-8,13-14,20H,9-12H2,1-4H3/t13-,14+. The molecule has 1 aromatic heterocycles. The van der Waals surface area contributed by atoms with Crippen LogP contribution in [0.3, 0.4) is 0 Å². The number of ether oxygens (including phenoxy) is 2. The largest absolute Gasteiger partial charge is 0.491 e. The predicted molar refractivity (Wildman–Crippen MR) is 101 cm³/mol. The number of piperazine rings is 1. The fourth-order valence-corrected chi connectivity index (χ4v) is 3.25. The summed E-state index contributed by atoms with van der Waals surface area (Å²) >= 11 is 0. The molecule has 1 aromatic carbocycles. The van der Waals surface area contributed by atoms with Gasteiger partial charge in [0, 0.05) is 32.3 Å². The summed E-state index contributed by atoms with van der Waals surface area (Å²) in [5.41, 5.74) is 1.80. The summed E-state index contributed by atoms with van der Waals surface area (Å²) in [6.45, 7) is 8.34. The normalized spacial score (nSPS) is 19.9. The van der Waals surface area contributed by atoms with Gasteiger partial charge in [0.15, 0.2) is 5.69 Å². The van der Waals surface area contributed by atoms with Crippen molar-refractivity contribution in [3.8, 4) is 11.4 Å². The third-order valence-corrected chi connectivity index (χ3v) is 4.45. The number of aromatic nitrogens is 3. The molecule has 1 aliphatic heterocycles. The lowest BCUT2D eigenvalue weighted by atomic mass is 10.1. The fourth-order valence-electron chi connectivity index (χ4n) is 3.25. The number of hydrogen-bond acceptors (Lipinski definition) is 6. The highest BCUT2D eigenvalue weighted by atomic mass is 16.5. The molecule has 1 fully saturated rings. The summed E-state index contributed by atoms with van der Waals surface area (Å²) in [6.07, 6.45) is 0. The maximum absolute atomic E-state index is 12.9. The van der Waals surface area contributed by atoms with Crippen molar-refractivity contribution in [3.05, 3.63) is 35.7 Å². The van der Waals surface area contributed by atoms with Crippen molar-refractivity contribution in [2.24, 2.45) is 0 Å². The van der Waals surface area contributed by atoms with E-state index in [1.54, 1.807) is 7.11 Å². The SMILES string of the molecule is COCCOc1ccc(-n2nc(C)c(C(=O)N3C[C@@H](C)N[C@@H](C)C3)n2)cc1. The molecule has 27 heavy (non-hydrogen) atoms. The second kappa shape index (κ2) is 8.49. The number of benzene rings is 1. The minimum Gasteiger partial charge on any atom is -0.491 e. The summed E-state index contributed by atoms with van der Waals surface area (Å²) in [4.78, 5) is 16.3. The number of aryl methyl sites for hydroxylation is 1. The van der Waals surface area contributed by atoms with Crippen molar-refractivity contribution in [2.75, 3.05) is 33.4 Å². The van der Waals surface area contributed by atoms with Gasteiger partial charge in [0.1, 0.15) is 12.4 Å². The van der Waals surface area contributed by atoms with Crippen molar-refractivity contribution in [3.63, 3.8) is 0 Å². The molecule has 1 saturated heterocycles. The fraction of sp³-hybridized carbons (Fsp3) is 0.526. The first-order valence-electron chi connectivity index (χ1n) is 9.19. The van der Waals surface area contributed by atoms with E-state index >= 15 is 0 Å². The Labute approximate surface area is 159 Å². The Hall–Kier alpha value is -2.45. The third-order valence-electron chi connectivity index (χ3n) is 4.45. The molecule has 1 N–H and O–H groups in total. The van der Waals surface area contributed by atoms with Crippen molar-refractivity contribution >= 4 is 5.91 Å². The summed E-state index contributed by atoms with van der Waals surface area (Å²) in [7, 11) is 1.64. The minimum atomic E-state index is -0.0709. The molecule has 2 heterocycles.